The lowest BCUT2D eigenvalue weighted by Gasteiger charge is -2.12. The van der Waals surface area contributed by atoms with Crippen LogP contribution in [-0.4, -0.2) is 16.8 Å². The molecule has 4 rings (SSSR count). The van der Waals surface area contributed by atoms with E-state index in [1.807, 2.05) is 54.6 Å². The van der Waals surface area contributed by atoms with Crippen LogP contribution in [0.1, 0.15) is 16.7 Å². The summed E-state index contributed by atoms with van der Waals surface area (Å²) in [5, 5.41) is 3.32. The zero-order chi connectivity index (χ0) is 22.7. The van der Waals surface area contributed by atoms with E-state index in [1.54, 1.807) is 18.2 Å². The summed E-state index contributed by atoms with van der Waals surface area (Å²) in [6.07, 6.45) is 1.63. The summed E-state index contributed by atoms with van der Waals surface area (Å²) in [6.45, 7) is 0.526. The Bertz CT molecular complexity index is 1190. The van der Waals surface area contributed by atoms with Gasteiger partial charge in [0.2, 0.25) is 0 Å². The van der Waals surface area contributed by atoms with Gasteiger partial charge in [-0.1, -0.05) is 67.7 Å². The molecule has 0 saturated carbocycles. The molecular weight excluding hydrogens is 560 g/mol. The first-order valence-electron chi connectivity index (χ1n) is 9.65. The fraction of sp³-hybridized carbons (Fsp3) is 0.0833. The van der Waals surface area contributed by atoms with E-state index in [0.717, 1.165) is 20.1 Å². The first-order valence-corrected chi connectivity index (χ1v) is 11.6. The van der Waals surface area contributed by atoms with Gasteiger partial charge < -0.3 is 10.1 Å². The second-order valence-corrected chi connectivity index (χ2v) is 9.37. The van der Waals surface area contributed by atoms with Crippen LogP contribution in [0.5, 0.6) is 5.75 Å². The third-order valence-corrected chi connectivity index (χ3v) is 6.07. The maximum absolute atomic E-state index is 12.9. The molecule has 5 nitrogen and oxygen atoms in total. The average molecular weight is 577 g/mol. The highest BCUT2D eigenvalue weighted by atomic mass is 79.9. The van der Waals surface area contributed by atoms with E-state index in [0.29, 0.717) is 22.9 Å². The minimum atomic E-state index is -0.456. The molecule has 0 aromatic heterocycles. The van der Waals surface area contributed by atoms with Crippen LogP contribution >= 0.6 is 43.5 Å². The number of urea groups is 1. The summed E-state index contributed by atoms with van der Waals surface area (Å²) in [7, 11) is 0. The molecule has 1 aliphatic heterocycles. The van der Waals surface area contributed by atoms with E-state index in [2.05, 4.69) is 37.2 Å². The number of hydrogen-bond donors (Lipinski definition) is 1. The van der Waals surface area contributed by atoms with E-state index < -0.39 is 6.03 Å². The molecule has 3 amide bonds. The first-order chi connectivity index (χ1) is 15.4. The third-order valence-electron chi connectivity index (χ3n) is 4.80. The topological polar surface area (TPSA) is 58.6 Å². The summed E-state index contributed by atoms with van der Waals surface area (Å²) in [5.41, 5.74) is 2.68. The molecular formula is C24H17Br2ClN2O3. The molecule has 1 aliphatic rings. The fourth-order valence-electron chi connectivity index (χ4n) is 3.15. The molecule has 1 saturated heterocycles. The molecule has 3 aromatic rings. The van der Waals surface area contributed by atoms with Gasteiger partial charge in [0.15, 0.2) is 0 Å². The van der Waals surface area contributed by atoms with Crippen LogP contribution in [-0.2, 0) is 17.9 Å². The summed E-state index contributed by atoms with van der Waals surface area (Å²) in [6, 6.07) is 19.9. The Balaban J connectivity index is 1.54. The number of nitrogens with zero attached hydrogens (tertiary/aromatic N) is 1. The van der Waals surface area contributed by atoms with E-state index in [1.165, 1.54) is 4.90 Å². The number of halogens is 3. The molecule has 0 bridgehead atoms. The van der Waals surface area contributed by atoms with E-state index in [4.69, 9.17) is 16.3 Å². The van der Waals surface area contributed by atoms with Gasteiger partial charge in [-0.05, 0) is 59.7 Å². The third kappa shape index (κ3) is 5.41. The van der Waals surface area contributed by atoms with Crippen molar-refractivity contribution < 1.29 is 14.3 Å². The summed E-state index contributed by atoms with van der Waals surface area (Å²) >= 11 is 12.8. The maximum atomic E-state index is 12.9. The molecule has 1 N–H and O–H groups in total. The van der Waals surface area contributed by atoms with Gasteiger partial charge in [0.1, 0.15) is 18.1 Å². The Morgan fingerprint density at radius 2 is 1.56 bits per heavy atom. The van der Waals surface area contributed by atoms with Crippen LogP contribution in [0.15, 0.2) is 81.4 Å². The van der Waals surface area contributed by atoms with Crippen molar-refractivity contribution in [2.24, 2.45) is 0 Å². The number of benzene rings is 3. The van der Waals surface area contributed by atoms with Crippen LogP contribution in [0.4, 0.5) is 4.79 Å². The summed E-state index contributed by atoms with van der Waals surface area (Å²) in [5.74, 6) is 0.200. The normalized spacial score (nSPS) is 14.7. The summed E-state index contributed by atoms with van der Waals surface area (Å²) < 4.78 is 7.73. The maximum Gasteiger partial charge on any atom is 0.329 e. The van der Waals surface area contributed by atoms with E-state index in [-0.39, 0.29) is 18.1 Å². The van der Waals surface area contributed by atoms with Crippen LogP contribution in [0.2, 0.25) is 5.02 Å². The van der Waals surface area contributed by atoms with Gasteiger partial charge >= 0.3 is 6.03 Å². The number of amides is 3. The second-order valence-electron chi connectivity index (χ2n) is 7.10. The standard InChI is InChI=1S/C24H17Br2ClN2O3/c25-18-5-1-15(2-6-18)13-29-23(30)21(28-24(29)31)12-17-11-19(26)7-10-22(17)32-14-16-3-8-20(27)9-4-16/h1-12H,13-14H2,(H,28,31)/b21-12+. The molecule has 0 unspecified atom stereocenters. The Morgan fingerprint density at radius 3 is 2.28 bits per heavy atom. The minimum absolute atomic E-state index is 0.188. The van der Waals surface area contributed by atoms with Crippen molar-refractivity contribution in [2.75, 3.05) is 0 Å². The highest BCUT2D eigenvalue weighted by Gasteiger charge is 2.33. The van der Waals surface area contributed by atoms with Crippen LogP contribution < -0.4 is 10.1 Å². The van der Waals surface area contributed by atoms with Crippen molar-refractivity contribution in [2.45, 2.75) is 13.2 Å². The highest BCUT2D eigenvalue weighted by Crippen LogP contribution is 2.28. The van der Waals surface area contributed by atoms with Crippen molar-refractivity contribution in [1.29, 1.82) is 0 Å². The first kappa shape index (κ1) is 22.6. The Morgan fingerprint density at radius 1 is 0.906 bits per heavy atom. The van der Waals surface area contributed by atoms with Gasteiger partial charge in [0.05, 0.1) is 6.54 Å². The van der Waals surface area contributed by atoms with Gasteiger partial charge in [-0.15, -0.1) is 0 Å². The van der Waals surface area contributed by atoms with Gasteiger partial charge in [0, 0.05) is 19.5 Å². The van der Waals surface area contributed by atoms with Crippen molar-refractivity contribution in [1.82, 2.24) is 10.2 Å². The average Bonchev–Trinajstić information content (AvgIpc) is 3.03. The molecule has 8 heteroatoms. The lowest BCUT2D eigenvalue weighted by molar-refractivity contribution is -0.123. The van der Waals surface area contributed by atoms with Crippen molar-refractivity contribution in [3.8, 4) is 5.75 Å². The minimum Gasteiger partial charge on any atom is -0.488 e. The van der Waals surface area contributed by atoms with Crippen molar-refractivity contribution in [3.05, 3.63) is 103 Å². The van der Waals surface area contributed by atoms with Crippen molar-refractivity contribution in [3.63, 3.8) is 0 Å². The Hall–Kier alpha value is -2.61. The van der Waals surface area contributed by atoms with Gasteiger partial charge in [-0.2, -0.15) is 0 Å². The lowest BCUT2D eigenvalue weighted by Crippen LogP contribution is -2.30. The number of ether oxygens (including phenoxy) is 1. The largest absolute Gasteiger partial charge is 0.488 e. The predicted molar refractivity (Wildman–Crippen MR) is 131 cm³/mol. The quantitative estimate of drug-likeness (QED) is 0.268. The Kier molecular flexibility index (Phi) is 6.98. The van der Waals surface area contributed by atoms with Gasteiger partial charge in [-0.25, -0.2) is 4.79 Å². The van der Waals surface area contributed by atoms with Crippen LogP contribution in [0.25, 0.3) is 6.08 Å². The molecule has 0 aliphatic carbocycles. The second kappa shape index (κ2) is 9.90. The van der Waals surface area contributed by atoms with Crippen LogP contribution in [0, 0.1) is 0 Å². The molecule has 3 aromatic carbocycles. The smallest absolute Gasteiger partial charge is 0.329 e. The number of imide groups is 1. The zero-order valence-corrected chi connectivity index (χ0v) is 20.6. The molecule has 1 fully saturated rings. The number of carbonyl (C=O) groups excluding carboxylic acids is 2. The highest BCUT2D eigenvalue weighted by molar-refractivity contribution is 9.10. The zero-order valence-electron chi connectivity index (χ0n) is 16.6. The van der Waals surface area contributed by atoms with E-state index in [9.17, 15) is 9.59 Å². The monoisotopic (exact) mass is 574 g/mol. The molecule has 32 heavy (non-hydrogen) atoms. The summed E-state index contributed by atoms with van der Waals surface area (Å²) in [4.78, 5) is 26.5. The number of rotatable bonds is 6. The Labute approximate surface area is 207 Å². The van der Waals surface area contributed by atoms with Gasteiger partial charge in [-0.3, -0.25) is 9.69 Å². The van der Waals surface area contributed by atoms with E-state index >= 15 is 0 Å². The lowest BCUT2D eigenvalue weighted by atomic mass is 10.1. The molecule has 0 spiro atoms. The van der Waals surface area contributed by atoms with Crippen LogP contribution in [0.3, 0.4) is 0 Å². The van der Waals surface area contributed by atoms with Crippen molar-refractivity contribution >= 4 is 61.5 Å². The number of hydrogen-bond acceptors (Lipinski definition) is 3. The number of nitrogens with one attached hydrogen (secondary N) is 1. The van der Waals surface area contributed by atoms with Gasteiger partial charge in [0.25, 0.3) is 5.91 Å². The predicted octanol–water partition coefficient (Wildman–Crippen LogP) is 6.54. The molecule has 162 valence electrons. The SMILES string of the molecule is O=C1N/C(=C/c2cc(Br)ccc2OCc2ccc(Cl)cc2)C(=O)N1Cc1ccc(Br)cc1. The number of carbonyl (C=O) groups is 2. The molecule has 0 atom stereocenters. The molecule has 1 heterocycles. The fourth-order valence-corrected chi connectivity index (χ4v) is 3.92. The molecule has 0 radical (unpaired) electrons.